The monoisotopic (exact) mass is 332 g/mol. The van der Waals surface area contributed by atoms with Crippen molar-refractivity contribution in [2.24, 2.45) is 0 Å². The van der Waals surface area contributed by atoms with Crippen molar-refractivity contribution in [2.75, 3.05) is 18.5 Å². The summed E-state index contributed by atoms with van der Waals surface area (Å²) in [4.78, 5) is 12.7. The Morgan fingerprint density at radius 2 is 2.04 bits per heavy atom. The second-order valence-corrected chi connectivity index (χ2v) is 5.89. The predicted octanol–water partition coefficient (Wildman–Crippen LogP) is 4.27. The molecule has 1 rings (SSSR count). The van der Waals surface area contributed by atoms with Crippen molar-refractivity contribution >= 4 is 11.6 Å². The van der Waals surface area contributed by atoms with Gasteiger partial charge in [0.2, 0.25) is 0 Å². The largest absolute Gasteiger partial charge is 0.492 e. The van der Waals surface area contributed by atoms with E-state index < -0.39 is 5.60 Å². The van der Waals surface area contributed by atoms with Crippen LogP contribution in [0.2, 0.25) is 0 Å². The summed E-state index contributed by atoms with van der Waals surface area (Å²) in [7, 11) is 0. The number of benzene rings is 1. The van der Waals surface area contributed by atoms with E-state index in [-0.39, 0.29) is 5.91 Å². The Bertz CT molecular complexity index is 570. The minimum absolute atomic E-state index is 0.183. The molecular formula is C19H28N2O3. The molecule has 1 aromatic rings. The van der Waals surface area contributed by atoms with Gasteiger partial charge in [-0.25, -0.2) is 0 Å². The van der Waals surface area contributed by atoms with E-state index in [0.717, 1.165) is 19.3 Å². The molecular weight excluding hydrogens is 304 g/mol. The van der Waals surface area contributed by atoms with Crippen LogP contribution in [0.15, 0.2) is 18.2 Å². The zero-order valence-electron chi connectivity index (χ0n) is 15.1. The van der Waals surface area contributed by atoms with Crippen LogP contribution in [-0.4, -0.2) is 24.7 Å². The SMILES string of the molecule is CCCC[C@@](C)(OCCC)C(=O)Nc1ccc(OCC)c(C#N)c1. The molecule has 5 heteroatoms. The molecule has 0 unspecified atom stereocenters. The summed E-state index contributed by atoms with van der Waals surface area (Å²) in [6.45, 7) is 8.82. The molecule has 5 nitrogen and oxygen atoms in total. The van der Waals surface area contributed by atoms with Crippen molar-refractivity contribution in [1.29, 1.82) is 5.26 Å². The predicted molar refractivity (Wildman–Crippen MR) is 95.1 cm³/mol. The number of anilines is 1. The van der Waals surface area contributed by atoms with Crippen LogP contribution in [-0.2, 0) is 9.53 Å². The number of amides is 1. The zero-order valence-corrected chi connectivity index (χ0v) is 15.1. The van der Waals surface area contributed by atoms with E-state index in [9.17, 15) is 10.1 Å². The molecule has 0 aliphatic heterocycles. The van der Waals surface area contributed by atoms with Crippen molar-refractivity contribution in [3.8, 4) is 11.8 Å². The Morgan fingerprint density at radius 3 is 2.62 bits per heavy atom. The Kier molecular flexibility index (Phi) is 8.28. The van der Waals surface area contributed by atoms with Gasteiger partial charge in [0, 0.05) is 12.3 Å². The Morgan fingerprint density at radius 1 is 1.29 bits per heavy atom. The molecule has 1 aromatic carbocycles. The standard InChI is InChI=1S/C19H28N2O3/c1-5-8-11-19(4,24-12-6-2)18(22)21-16-9-10-17(23-7-3)15(13-16)14-20/h9-10,13H,5-8,11-12H2,1-4H3,(H,21,22)/t19-/m1/s1. The van der Waals surface area contributed by atoms with Crippen molar-refractivity contribution in [2.45, 2.75) is 59.0 Å². The normalized spacial score (nSPS) is 13.0. The molecule has 132 valence electrons. The van der Waals surface area contributed by atoms with Crippen molar-refractivity contribution < 1.29 is 14.3 Å². The maximum atomic E-state index is 12.7. The number of rotatable bonds is 10. The molecule has 1 N–H and O–H groups in total. The number of ether oxygens (including phenoxy) is 2. The molecule has 0 fully saturated rings. The lowest BCUT2D eigenvalue weighted by Gasteiger charge is -2.28. The molecule has 0 aliphatic carbocycles. The third-order valence-electron chi connectivity index (χ3n) is 3.77. The molecule has 24 heavy (non-hydrogen) atoms. The van der Waals surface area contributed by atoms with Crippen LogP contribution in [0.3, 0.4) is 0 Å². The zero-order chi connectivity index (χ0) is 18.0. The highest BCUT2D eigenvalue weighted by Gasteiger charge is 2.33. The van der Waals surface area contributed by atoms with E-state index in [4.69, 9.17) is 9.47 Å². The Hall–Kier alpha value is -2.06. The fraction of sp³-hybridized carbons (Fsp3) is 0.579. The van der Waals surface area contributed by atoms with E-state index >= 15 is 0 Å². The fourth-order valence-electron chi connectivity index (χ4n) is 2.33. The van der Waals surface area contributed by atoms with Gasteiger partial charge in [-0.1, -0.05) is 26.7 Å². The van der Waals surface area contributed by atoms with Gasteiger partial charge in [-0.3, -0.25) is 4.79 Å². The molecule has 0 heterocycles. The van der Waals surface area contributed by atoms with E-state index in [1.54, 1.807) is 18.2 Å². The number of nitrogens with zero attached hydrogens (tertiary/aromatic N) is 1. The van der Waals surface area contributed by atoms with E-state index in [1.165, 1.54) is 0 Å². The molecule has 0 radical (unpaired) electrons. The number of nitrogens with one attached hydrogen (secondary N) is 1. The molecule has 1 atom stereocenters. The highest BCUT2D eigenvalue weighted by atomic mass is 16.5. The summed E-state index contributed by atoms with van der Waals surface area (Å²) in [5, 5.41) is 12.1. The topological polar surface area (TPSA) is 71.3 Å². The first-order valence-electron chi connectivity index (χ1n) is 8.63. The first-order chi connectivity index (χ1) is 11.5. The van der Waals surface area contributed by atoms with Gasteiger partial charge in [-0.05, 0) is 44.9 Å². The molecule has 1 amide bonds. The van der Waals surface area contributed by atoms with Crippen molar-refractivity contribution in [1.82, 2.24) is 0 Å². The number of carbonyl (C=O) groups excluding carboxylic acids is 1. The average Bonchev–Trinajstić information content (AvgIpc) is 2.59. The highest BCUT2D eigenvalue weighted by Crippen LogP contribution is 2.25. The lowest BCUT2D eigenvalue weighted by Crippen LogP contribution is -2.43. The van der Waals surface area contributed by atoms with E-state index in [1.807, 2.05) is 20.8 Å². The number of carbonyl (C=O) groups is 1. The second-order valence-electron chi connectivity index (χ2n) is 5.89. The number of unbranched alkanes of at least 4 members (excludes halogenated alkanes) is 1. The summed E-state index contributed by atoms with van der Waals surface area (Å²) < 4.78 is 11.2. The maximum absolute atomic E-state index is 12.7. The van der Waals surface area contributed by atoms with Crippen LogP contribution in [0.5, 0.6) is 5.75 Å². The smallest absolute Gasteiger partial charge is 0.256 e. The summed E-state index contributed by atoms with van der Waals surface area (Å²) in [5.74, 6) is 0.339. The summed E-state index contributed by atoms with van der Waals surface area (Å²) in [5.41, 5.74) is 0.111. The quantitative estimate of drug-likeness (QED) is 0.694. The van der Waals surface area contributed by atoms with Crippen LogP contribution in [0.25, 0.3) is 0 Å². The van der Waals surface area contributed by atoms with E-state index in [2.05, 4.69) is 18.3 Å². The van der Waals surface area contributed by atoms with Gasteiger partial charge in [-0.15, -0.1) is 0 Å². The van der Waals surface area contributed by atoms with Crippen LogP contribution in [0.1, 0.15) is 58.9 Å². The lowest BCUT2D eigenvalue weighted by molar-refractivity contribution is -0.140. The van der Waals surface area contributed by atoms with Gasteiger partial charge >= 0.3 is 0 Å². The van der Waals surface area contributed by atoms with Crippen LogP contribution >= 0.6 is 0 Å². The van der Waals surface area contributed by atoms with Gasteiger partial charge in [-0.2, -0.15) is 5.26 Å². The van der Waals surface area contributed by atoms with Gasteiger partial charge in [0.1, 0.15) is 17.4 Å². The molecule has 0 spiro atoms. The first kappa shape index (κ1) is 20.0. The minimum atomic E-state index is -0.864. The number of hydrogen-bond acceptors (Lipinski definition) is 4. The van der Waals surface area contributed by atoms with Crippen molar-refractivity contribution in [3.63, 3.8) is 0 Å². The average molecular weight is 332 g/mol. The number of hydrogen-bond donors (Lipinski definition) is 1. The first-order valence-corrected chi connectivity index (χ1v) is 8.63. The number of nitriles is 1. The molecule has 0 aromatic heterocycles. The second kappa shape index (κ2) is 9.94. The van der Waals surface area contributed by atoms with Gasteiger partial charge < -0.3 is 14.8 Å². The minimum Gasteiger partial charge on any atom is -0.492 e. The molecule has 0 bridgehead atoms. The Balaban J connectivity index is 2.91. The summed E-state index contributed by atoms with van der Waals surface area (Å²) in [6.07, 6.45) is 3.44. The fourth-order valence-corrected chi connectivity index (χ4v) is 2.33. The highest BCUT2D eigenvalue weighted by molar-refractivity contribution is 5.97. The molecule has 0 saturated carbocycles. The Labute approximate surface area is 145 Å². The van der Waals surface area contributed by atoms with Crippen molar-refractivity contribution in [3.05, 3.63) is 23.8 Å². The van der Waals surface area contributed by atoms with Crippen LogP contribution in [0, 0.1) is 11.3 Å². The molecule has 0 saturated heterocycles. The van der Waals surface area contributed by atoms with Crippen LogP contribution < -0.4 is 10.1 Å². The van der Waals surface area contributed by atoms with Gasteiger partial charge in [0.25, 0.3) is 5.91 Å². The summed E-state index contributed by atoms with van der Waals surface area (Å²) >= 11 is 0. The van der Waals surface area contributed by atoms with Gasteiger partial charge in [0.15, 0.2) is 0 Å². The van der Waals surface area contributed by atoms with E-state index in [0.29, 0.717) is 36.6 Å². The van der Waals surface area contributed by atoms with Gasteiger partial charge in [0.05, 0.1) is 12.2 Å². The lowest BCUT2D eigenvalue weighted by atomic mass is 9.97. The third-order valence-corrected chi connectivity index (χ3v) is 3.77. The maximum Gasteiger partial charge on any atom is 0.256 e. The summed E-state index contributed by atoms with van der Waals surface area (Å²) in [6, 6.07) is 7.16. The molecule has 0 aliphatic rings. The third kappa shape index (κ3) is 5.54. The van der Waals surface area contributed by atoms with Crippen LogP contribution in [0.4, 0.5) is 5.69 Å².